The molecule has 0 saturated carbocycles. The minimum atomic E-state index is 0.269. The van der Waals surface area contributed by atoms with Crippen molar-refractivity contribution in [1.82, 2.24) is 9.97 Å². The Labute approximate surface area is 123 Å². The van der Waals surface area contributed by atoms with Gasteiger partial charge in [-0.1, -0.05) is 11.6 Å². The third-order valence-corrected chi connectivity index (χ3v) is 3.27. The van der Waals surface area contributed by atoms with Gasteiger partial charge >= 0.3 is 0 Å². The number of benzene rings is 1. The molecule has 0 bridgehead atoms. The lowest BCUT2D eigenvalue weighted by Crippen LogP contribution is -2.11. The standard InChI is InChI=1S/C11H11BrClN5O/c1-19-6-2-3-7(12)9(4-6)16-10-8(13)5-15-11(17-10)18-14/h2-5H,14H2,1H3,(H2,15,16,17,18). The van der Waals surface area contributed by atoms with Crippen LogP contribution in [-0.2, 0) is 0 Å². The highest BCUT2D eigenvalue weighted by Gasteiger charge is 2.08. The largest absolute Gasteiger partial charge is 0.497 e. The molecule has 0 unspecified atom stereocenters. The average molecular weight is 345 g/mol. The Hall–Kier alpha value is -1.57. The zero-order chi connectivity index (χ0) is 13.8. The van der Waals surface area contributed by atoms with E-state index < -0.39 is 0 Å². The molecule has 100 valence electrons. The van der Waals surface area contributed by atoms with Gasteiger partial charge in [-0.2, -0.15) is 4.98 Å². The molecule has 1 aromatic heterocycles. The van der Waals surface area contributed by atoms with Crippen LogP contribution >= 0.6 is 27.5 Å². The van der Waals surface area contributed by atoms with E-state index in [4.69, 9.17) is 22.2 Å². The highest BCUT2D eigenvalue weighted by molar-refractivity contribution is 9.10. The van der Waals surface area contributed by atoms with Crippen LogP contribution < -0.4 is 21.3 Å². The third kappa shape index (κ3) is 3.25. The molecule has 1 heterocycles. The van der Waals surface area contributed by atoms with Crippen molar-refractivity contribution in [3.63, 3.8) is 0 Å². The van der Waals surface area contributed by atoms with Gasteiger partial charge < -0.3 is 10.1 Å². The molecule has 2 aromatic rings. The van der Waals surface area contributed by atoms with E-state index in [-0.39, 0.29) is 5.95 Å². The molecule has 0 spiro atoms. The van der Waals surface area contributed by atoms with Crippen molar-refractivity contribution in [2.75, 3.05) is 17.9 Å². The first-order valence-electron chi connectivity index (χ1n) is 5.23. The second kappa shape index (κ2) is 6.05. The van der Waals surface area contributed by atoms with Gasteiger partial charge in [0.2, 0.25) is 5.95 Å². The monoisotopic (exact) mass is 343 g/mol. The van der Waals surface area contributed by atoms with Crippen molar-refractivity contribution < 1.29 is 4.74 Å². The first-order valence-corrected chi connectivity index (χ1v) is 6.41. The molecule has 0 aliphatic rings. The van der Waals surface area contributed by atoms with Gasteiger partial charge in [0.1, 0.15) is 10.8 Å². The predicted molar refractivity (Wildman–Crippen MR) is 78.8 cm³/mol. The Morgan fingerprint density at radius 1 is 1.42 bits per heavy atom. The second-order valence-electron chi connectivity index (χ2n) is 3.51. The van der Waals surface area contributed by atoms with Crippen molar-refractivity contribution in [3.05, 3.63) is 33.9 Å². The SMILES string of the molecule is COc1ccc(Br)c(Nc2nc(NN)ncc2Cl)c1. The summed E-state index contributed by atoms with van der Waals surface area (Å²) in [5.41, 5.74) is 3.13. The van der Waals surface area contributed by atoms with E-state index in [1.165, 1.54) is 6.20 Å². The summed E-state index contributed by atoms with van der Waals surface area (Å²) in [7, 11) is 1.60. The Balaban J connectivity index is 2.35. The Kier molecular flexibility index (Phi) is 4.41. The van der Waals surface area contributed by atoms with E-state index in [9.17, 15) is 0 Å². The third-order valence-electron chi connectivity index (χ3n) is 2.30. The summed E-state index contributed by atoms with van der Waals surface area (Å²) in [6.07, 6.45) is 1.46. The van der Waals surface area contributed by atoms with Crippen LogP contribution in [-0.4, -0.2) is 17.1 Å². The summed E-state index contributed by atoms with van der Waals surface area (Å²) in [5, 5.41) is 3.47. The number of nitrogen functional groups attached to an aromatic ring is 1. The zero-order valence-electron chi connectivity index (χ0n) is 9.95. The number of hydrazine groups is 1. The van der Waals surface area contributed by atoms with Crippen molar-refractivity contribution in [2.24, 2.45) is 5.84 Å². The van der Waals surface area contributed by atoms with Gasteiger partial charge in [0.15, 0.2) is 5.82 Å². The van der Waals surface area contributed by atoms with E-state index in [0.717, 1.165) is 10.2 Å². The summed E-state index contributed by atoms with van der Waals surface area (Å²) in [5.74, 6) is 6.69. The van der Waals surface area contributed by atoms with Crippen LogP contribution in [0.2, 0.25) is 5.02 Å². The molecule has 6 nitrogen and oxygen atoms in total. The minimum absolute atomic E-state index is 0.269. The lowest BCUT2D eigenvalue weighted by atomic mass is 10.3. The quantitative estimate of drug-likeness (QED) is 0.584. The van der Waals surface area contributed by atoms with Crippen LogP contribution in [0.3, 0.4) is 0 Å². The van der Waals surface area contributed by atoms with Crippen LogP contribution in [0.1, 0.15) is 0 Å². The van der Waals surface area contributed by atoms with Gasteiger partial charge in [-0.05, 0) is 28.1 Å². The fourth-order valence-electron chi connectivity index (χ4n) is 1.38. The molecule has 0 amide bonds. The van der Waals surface area contributed by atoms with Crippen molar-refractivity contribution >= 4 is 45.0 Å². The maximum absolute atomic E-state index is 6.03. The normalized spacial score (nSPS) is 10.1. The highest BCUT2D eigenvalue weighted by atomic mass is 79.9. The zero-order valence-corrected chi connectivity index (χ0v) is 12.3. The molecule has 0 saturated heterocycles. The smallest absolute Gasteiger partial charge is 0.239 e. The van der Waals surface area contributed by atoms with Gasteiger partial charge in [0.25, 0.3) is 0 Å². The van der Waals surface area contributed by atoms with E-state index in [0.29, 0.717) is 16.6 Å². The van der Waals surface area contributed by atoms with E-state index in [1.54, 1.807) is 7.11 Å². The minimum Gasteiger partial charge on any atom is -0.497 e. The summed E-state index contributed by atoms with van der Waals surface area (Å²) >= 11 is 9.46. The Bertz CT molecular complexity index is 544. The highest BCUT2D eigenvalue weighted by Crippen LogP contribution is 2.31. The Morgan fingerprint density at radius 3 is 2.89 bits per heavy atom. The number of hydrogen-bond donors (Lipinski definition) is 3. The molecule has 0 aliphatic carbocycles. The summed E-state index contributed by atoms with van der Waals surface area (Å²) < 4.78 is 6.02. The van der Waals surface area contributed by atoms with Crippen LogP contribution in [0.25, 0.3) is 0 Å². The fourth-order valence-corrected chi connectivity index (χ4v) is 1.86. The van der Waals surface area contributed by atoms with Crippen LogP contribution in [0.15, 0.2) is 28.9 Å². The number of aromatic nitrogens is 2. The number of halogens is 2. The lowest BCUT2D eigenvalue weighted by molar-refractivity contribution is 0.415. The molecule has 2 rings (SSSR count). The van der Waals surface area contributed by atoms with Crippen molar-refractivity contribution in [1.29, 1.82) is 0 Å². The summed E-state index contributed by atoms with van der Waals surface area (Å²) in [6, 6.07) is 5.51. The lowest BCUT2D eigenvalue weighted by Gasteiger charge is -2.11. The molecular formula is C11H11BrClN5O. The van der Waals surface area contributed by atoms with Crippen LogP contribution in [0, 0.1) is 0 Å². The summed E-state index contributed by atoms with van der Waals surface area (Å²) in [4.78, 5) is 8.03. The maximum atomic E-state index is 6.03. The van der Waals surface area contributed by atoms with Crippen molar-refractivity contribution in [2.45, 2.75) is 0 Å². The van der Waals surface area contributed by atoms with Crippen LogP contribution in [0.5, 0.6) is 5.75 Å². The predicted octanol–water partition coefficient (Wildman–Crippen LogP) is 2.93. The topological polar surface area (TPSA) is 85.1 Å². The number of anilines is 3. The number of rotatable bonds is 4. The molecule has 0 aliphatic heterocycles. The van der Waals surface area contributed by atoms with E-state index >= 15 is 0 Å². The van der Waals surface area contributed by atoms with Gasteiger partial charge in [0, 0.05) is 10.5 Å². The number of ether oxygens (including phenoxy) is 1. The molecular weight excluding hydrogens is 334 g/mol. The molecule has 8 heteroatoms. The molecule has 4 N–H and O–H groups in total. The van der Waals surface area contributed by atoms with E-state index in [2.05, 4.69) is 36.6 Å². The fraction of sp³-hybridized carbons (Fsp3) is 0.0909. The van der Waals surface area contributed by atoms with Gasteiger partial charge in [-0.3, -0.25) is 5.43 Å². The summed E-state index contributed by atoms with van der Waals surface area (Å²) in [6.45, 7) is 0. The van der Waals surface area contributed by atoms with Gasteiger partial charge in [-0.25, -0.2) is 10.8 Å². The number of hydrogen-bond acceptors (Lipinski definition) is 6. The van der Waals surface area contributed by atoms with Crippen LogP contribution in [0.4, 0.5) is 17.5 Å². The number of nitrogens with one attached hydrogen (secondary N) is 2. The average Bonchev–Trinajstić information content (AvgIpc) is 2.43. The van der Waals surface area contributed by atoms with Crippen molar-refractivity contribution in [3.8, 4) is 5.75 Å². The maximum Gasteiger partial charge on any atom is 0.239 e. The number of nitrogens with zero attached hydrogens (tertiary/aromatic N) is 2. The molecule has 0 fully saturated rings. The van der Waals surface area contributed by atoms with Gasteiger partial charge in [-0.15, -0.1) is 0 Å². The first kappa shape index (κ1) is 13.9. The molecule has 19 heavy (non-hydrogen) atoms. The second-order valence-corrected chi connectivity index (χ2v) is 4.77. The Morgan fingerprint density at radius 2 is 2.21 bits per heavy atom. The van der Waals surface area contributed by atoms with Gasteiger partial charge in [0.05, 0.1) is 19.0 Å². The van der Waals surface area contributed by atoms with E-state index in [1.807, 2.05) is 18.2 Å². The first-order chi connectivity index (χ1) is 9.13. The molecule has 1 aromatic carbocycles. The molecule has 0 radical (unpaired) electrons. The number of nitrogens with two attached hydrogens (primary N) is 1. The molecule has 0 atom stereocenters. The number of methoxy groups -OCH3 is 1.